The standard InChI is InChI=1S/C11H12Cl2N2OS/c1-6(2)15-10(7(12)5-14-15)11(16)8-3-4-9(13)17-8/h3-6,11,16H,1-2H3. The van der Waals surface area contributed by atoms with Crippen LogP contribution in [-0.2, 0) is 0 Å². The highest BCUT2D eigenvalue weighted by molar-refractivity contribution is 7.16. The summed E-state index contributed by atoms with van der Waals surface area (Å²) < 4.78 is 2.37. The number of hydrogen-bond acceptors (Lipinski definition) is 3. The number of aliphatic hydroxyl groups is 1. The molecule has 0 aliphatic rings. The Balaban J connectivity index is 2.43. The molecule has 1 atom stereocenters. The average Bonchev–Trinajstić information content (AvgIpc) is 2.83. The minimum Gasteiger partial charge on any atom is -0.381 e. The zero-order valence-corrected chi connectivity index (χ0v) is 11.7. The van der Waals surface area contributed by atoms with Crippen LogP contribution in [0.15, 0.2) is 18.3 Å². The molecule has 0 aliphatic heterocycles. The van der Waals surface area contributed by atoms with E-state index in [1.807, 2.05) is 13.8 Å². The van der Waals surface area contributed by atoms with Crippen LogP contribution in [-0.4, -0.2) is 14.9 Å². The van der Waals surface area contributed by atoms with E-state index in [4.69, 9.17) is 23.2 Å². The van der Waals surface area contributed by atoms with E-state index >= 15 is 0 Å². The summed E-state index contributed by atoms with van der Waals surface area (Å²) in [5, 5.41) is 14.9. The lowest BCUT2D eigenvalue weighted by atomic mass is 10.2. The minimum atomic E-state index is -0.787. The van der Waals surface area contributed by atoms with Crippen LogP contribution in [0.3, 0.4) is 0 Å². The zero-order valence-electron chi connectivity index (χ0n) is 9.39. The molecule has 0 aliphatic carbocycles. The third kappa shape index (κ3) is 2.50. The first-order valence-corrected chi connectivity index (χ1v) is 6.74. The van der Waals surface area contributed by atoms with Gasteiger partial charge in [0.25, 0.3) is 0 Å². The van der Waals surface area contributed by atoms with Gasteiger partial charge in [-0.25, -0.2) is 0 Å². The average molecular weight is 291 g/mol. The van der Waals surface area contributed by atoms with E-state index in [0.29, 0.717) is 15.1 Å². The number of thiophene rings is 1. The lowest BCUT2D eigenvalue weighted by molar-refractivity contribution is 0.209. The molecule has 1 N–H and O–H groups in total. The fraction of sp³-hybridized carbons (Fsp3) is 0.364. The van der Waals surface area contributed by atoms with Crippen LogP contribution in [0.2, 0.25) is 9.36 Å². The van der Waals surface area contributed by atoms with Crippen molar-refractivity contribution in [1.82, 2.24) is 9.78 Å². The molecule has 2 rings (SSSR count). The molecular weight excluding hydrogens is 279 g/mol. The van der Waals surface area contributed by atoms with Gasteiger partial charge in [0.2, 0.25) is 0 Å². The fourth-order valence-electron chi connectivity index (χ4n) is 1.63. The first-order chi connectivity index (χ1) is 8.00. The van der Waals surface area contributed by atoms with E-state index in [1.165, 1.54) is 11.3 Å². The van der Waals surface area contributed by atoms with Crippen LogP contribution in [0.4, 0.5) is 0 Å². The number of aromatic nitrogens is 2. The SMILES string of the molecule is CC(C)n1ncc(Cl)c1C(O)c1ccc(Cl)s1. The molecular formula is C11H12Cl2N2OS. The summed E-state index contributed by atoms with van der Waals surface area (Å²) in [6.45, 7) is 3.97. The zero-order chi connectivity index (χ0) is 12.6. The Morgan fingerprint density at radius 1 is 1.35 bits per heavy atom. The summed E-state index contributed by atoms with van der Waals surface area (Å²) >= 11 is 13.3. The maximum atomic E-state index is 10.3. The molecule has 0 fully saturated rings. The topological polar surface area (TPSA) is 38.0 Å². The van der Waals surface area contributed by atoms with Crippen molar-refractivity contribution in [1.29, 1.82) is 0 Å². The maximum absolute atomic E-state index is 10.3. The Morgan fingerprint density at radius 2 is 2.06 bits per heavy atom. The maximum Gasteiger partial charge on any atom is 0.131 e. The fourth-order valence-corrected chi connectivity index (χ4v) is 2.91. The second-order valence-corrected chi connectivity index (χ2v) is 6.11. The van der Waals surface area contributed by atoms with Crippen molar-refractivity contribution in [3.05, 3.63) is 38.3 Å². The summed E-state index contributed by atoms with van der Waals surface area (Å²) in [7, 11) is 0. The molecule has 3 nitrogen and oxygen atoms in total. The molecule has 2 aromatic heterocycles. The van der Waals surface area contributed by atoms with Gasteiger partial charge in [-0.15, -0.1) is 11.3 Å². The molecule has 0 radical (unpaired) electrons. The Hall–Kier alpha value is -0.550. The summed E-state index contributed by atoms with van der Waals surface area (Å²) in [6.07, 6.45) is 0.764. The van der Waals surface area contributed by atoms with Crippen LogP contribution in [0.1, 0.15) is 36.6 Å². The summed E-state index contributed by atoms with van der Waals surface area (Å²) in [6, 6.07) is 3.70. The molecule has 0 amide bonds. The van der Waals surface area contributed by atoms with E-state index in [2.05, 4.69) is 5.10 Å². The van der Waals surface area contributed by atoms with Gasteiger partial charge in [0.15, 0.2) is 0 Å². The molecule has 6 heteroatoms. The lowest BCUT2D eigenvalue weighted by Crippen LogP contribution is -2.11. The highest BCUT2D eigenvalue weighted by Gasteiger charge is 2.22. The van der Waals surface area contributed by atoms with Gasteiger partial charge in [0, 0.05) is 10.9 Å². The number of halogens is 2. The highest BCUT2D eigenvalue weighted by atomic mass is 35.5. The number of rotatable bonds is 3. The second-order valence-electron chi connectivity index (χ2n) is 3.96. The predicted octanol–water partition coefficient (Wildman–Crippen LogP) is 3.91. The molecule has 2 heterocycles. The van der Waals surface area contributed by atoms with Gasteiger partial charge in [-0.05, 0) is 26.0 Å². The summed E-state index contributed by atoms with van der Waals surface area (Å²) in [5.74, 6) is 0. The predicted molar refractivity (Wildman–Crippen MR) is 71.0 cm³/mol. The molecule has 0 saturated heterocycles. The molecule has 0 saturated carbocycles. The van der Waals surface area contributed by atoms with Crippen LogP contribution >= 0.6 is 34.5 Å². The molecule has 0 bridgehead atoms. The van der Waals surface area contributed by atoms with E-state index in [1.54, 1.807) is 23.0 Å². The first-order valence-electron chi connectivity index (χ1n) is 5.17. The van der Waals surface area contributed by atoms with E-state index in [9.17, 15) is 5.11 Å². The Bertz CT molecular complexity index is 521. The van der Waals surface area contributed by atoms with Crippen molar-refractivity contribution < 1.29 is 5.11 Å². The van der Waals surface area contributed by atoms with Crippen molar-refractivity contribution in [3.8, 4) is 0 Å². The largest absolute Gasteiger partial charge is 0.381 e. The van der Waals surface area contributed by atoms with Gasteiger partial charge in [-0.3, -0.25) is 4.68 Å². The minimum absolute atomic E-state index is 0.141. The van der Waals surface area contributed by atoms with Crippen LogP contribution < -0.4 is 0 Å². The molecule has 17 heavy (non-hydrogen) atoms. The normalized spacial score (nSPS) is 13.3. The Kier molecular flexibility index (Phi) is 3.78. The number of aliphatic hydroxyl groups excluding tert-OH is 1. The van der Waals surface area contributed by atoms with Gasteiger partial charge >= 0.3 is 0 Å². The quantitative estimate of drug-likeness (QED) is 0.931. The summed E-state index contributed by atoms with van der Waals surface area (Å²) in [4.78, 5) is 0.763. The van der Waals surface area contributed by atoms with E-state index < -0.39 is 6.10 Å². The van der Waals surface area contributed by atoms with Crippen LogP contribution in [0.25, 0.3) is 0 Å². The van der Waals surface area contributed by atoms with E-state index in [-0.39, 0.29) is 6.04 Å². The molecule has 0 spiro atoms. The Morgan fingerprint density at radius 3 is 2.59 bits per heavy atom. The van der Waals surface area contributed by atoms with Gasteiger partial charge in [0.1, 0.15) is 6.10 Å². The molecule has 1 unspecified atom stereocenters. The van der Waals surface area contributed by atoms with Crippen LogP contribution in [0, 0.1) is 0 Å². The highest BCUT2D eigenvalue weighted by Crippen LogP contribution is 2.34. The van der Waals surface area contributed by atoms with Crippen molar-refractivity contribution in [2.75, 3.05) is 0 Å². The number of hydrogen-bond donors (Lipinski definition) is 1. The van der Waals surface area contributed by atoms with Crippen molar-refractivity contribution in [3.63, 3.8) is 0 Å². The third-order valence-corrected chi connectivity index (χ3v) is 3.97. The molecule has 2 aromatic rings. The van der Waals surface area contributed by atoms with Gasteiger partial charge < -0.3 is 5.11 Å². The van der Waals surface area contributed by atoms with Gasteiger partial charge in [-0.1, -0.05) is 23.2 Å². The summed E-state index contributed by atoms with van der Waals surface area (Å²) in [5.41, 5.74) is 0.611. The van der Waals surface area contributed by atoms with Crippen molar-refractivity contribution >= 4 is 34.5 Å². The second kappa shape index (κ2) is 4.98. The van der Waals surface area contributed by atoms with Crippen LogP contribution in [0.5, 0.6) is 0 Å². The van der Waals surface area contributed by atoms with Crippen molar-refractivity contribution in [2.24, 2.45) is 0 Å². The van der Waals surface area contributed by atoms with E-state index in [0.717, 1.165) is 4.88 Å². The van der Waals surface area contributed by atoms with Gasteiger partial charge in [-0.2, -0.15) is 5.10 Å². The monoisotopic (exact) mass is 290 g/mol. The van der Waals surface area contributed by atoms with Crippen molar-refractivity contribution in [2.45, 2.75) is 26.0 Å². The smallest absolute Gasteiger partial charge is 0.131 e. The molecule has 0 aromatic carbocycles. The number of nitrogens with zero attached hydrogens (tertiary/aromatic N) is 2. The molecule has 92 valence electrons. The third-order valence-electron chi connectivity index (χ3n) is 2.40. The van der Waals surface area contributed by atoms with Gasteiger partial charge in [0.05, 0.1) is 21.2 Å². The first kappa shape index (κ1) is 12.9. The Labute approximate surface area is 114 Å². The lowest BCUT2D eigenvalue weighted by Gasteiger charge is -2.15.